The molecule has 86 valence electrons. The average Bonchev–Trinajstić information content (AvgIpc) is 2.81. The van der Waals surface area contributed by atoms with Crippen molar-refractivity contribution in [3.8, 4) is 0 Å². The van der Waals surface area contributed by atoms with Crippen molar-refractivity contribution in [3.63, 3.8) is 0 Å². The Morgan fingerprint density at radius 2 is 2.44 bits per heavy atom. The van der Waals surface area contributed by atoms with E-state index >= 15 is 0 Å². The van der Waals surface area contributed by atoms with Crippen LogP contribution in [0, 0.1) is 0 Å². The third kappa shape index (κ3) is 1.85. The molecular weight excluding hydrogens is 198 g/mol. The van der Waals surface area contributed by atoms with Crippen LogP contribution in [0.5, 0.6) is 0 Å². The molecule has 3 heterocycles. The molecule has 0 spiro atoms. The van der Waals surface area contributed by atoms with Crippen molar-refractivity contribution in [1.29, 1.82) is 0 Å². The van der Waals surface area contributed by atoms with Gasteiger partial charge < -0.3 is 10.2 Å². The van der Waals surface area contributed by atoms with Gasteiger partial charge in [0.25, 0.3) is 0 Å². The molecule has 3 nitrogen and oxygen atoms in total. The van der Waals surface area contributed by atoms with Gasteiger partial charge in [-0.2, -0.15) is 0 Å². The number of rotatable bonds is 1. The molecule has 0 aromatic carbocycles. The highest BCUT2D eigenvalue weighted by molar-refractivity contribution is 5.30. The fourth-order valence-electron chi connectivity index (χ4n) is 2.75. The van der Waals surface area contributed by atoms with Crippen LogP contribution in [0.4, 0.5) is 0 Å². The molecule has 1 aromatic heterocycles. The van der Waals surface area contributed by atoms with Gasteiger partial charge in [-0.25, -0.2) is 0 Å². The van der Waals surface area contributed by atoms with E-state index in [4.69, 9.17) is 0 Å². The molecular formula is C13H19N3. The molecule has 1 atom stereocenters. The maximum atomic E-state index is 4.64. The van der Waals surface area contributed by atoms with Crippen molar-refractivity contribution in [2.75, 3.05) is 26.7 Å². The van der Waals surface area contributed by atoms with Crippen LogP contribution in [0.1, 0.15) is 29.2 Å². The molecule has 0 bridgehead atoms. The van der Waals surface area contributed by atoms with Gasteiger partial charge in [-0.05, 0) is 37.1 Å². The Balaban J connectivity index is 1.88. The van der Waals surface area contributed by atoms with E-state index in [-0.39, 0.29) is 0 Å². The number of nitrogens with one attached hydrogen (secondary N) is 1. The van der Waals surface area contributed by atoms with Crippen LogP contribution in [-0.2, 0) is 13.0 Å². The summed E-state index contributed by atoms with van der Waals surface area (Å²) in [6.45, 7) is 4.48. The van der Waals surface area contributed by atoms with Gasteiger partial charge >= 0.3 is 0 Å². The van der Waals surface area contributed by atoms with Gasteiger partial charge in [0.05, 0.1) is 0 Å². The smallest absolute Gasteiger partial charge is 0.0461 e. The summed E-state index contributed by atoms with van der Waals surface area (Å²) in [5.41, 5.74) is 4.19. The summed E-state index contributed by atoms with van der Waals surface area (Å²) in [6, 6.07) is 2.38. The number of likely N-dealkylation sites (N-methyl/N-ethyl adjacent to an activating group) is 1. The van der Waals surface area contributed by atoms with Crippen molar-refractivity contribution in [3.05, 3.63) is 29.1 Å². The van der Waals surface area contributed by atoms with Crippen LogP contribution in [-0.4, -0.2) is 36.6 Å². The SMILES string of the molecule is CN1CCc2ncc(C3CCNC3)cc2C1. The fourth-order valence-corrected chi connectivity index (χ4v) is 2.75. The molecule has 0 radical (unpaired) electrons. The van der Waals surface area contributed by atoms with Gasteiger partial charge in [-0.3, -0.25) is 4.98 Å². The van der Waals surface area contributed by atoms with Crippen molar-refractivity contribution < 1.29 is 0 Å². The van der Waals surface area contributed by atoms with Gasteiger partial charge in [-0.1, -0.05) is 6.07 Å². The van der Waals surface area contributed by atoms with Crippen molar-refractivity contribution >= 4 is 0 Å². The Morgan fingerprint density at radius 3 is 3.25 bits per heavy atom. The largest absolute Gasteiger partial charge is 0.316 e. The van der Waals surface area contributed by atoms with Gasteiger partial charge in [0.1, 0.15) is 0 Å². The van der Waals surface area contributed by atoms with E-state index in [2.05, 4.69) is 34.5 Å². The minimum Gasteiger partial charge on any atom is -0.316 e. The summed E-state index contributed by atoms with van der Waals surface area (Å²) in [5.74, 6) is 0.685. The number of hydrogen-bond acceptors (Lipinski definition) is 3. The normalized spacial score (nSPS) is 25.7. The average molecular weight is 217 g/mol. The lowest BCUT2D eigenvalue weighted by Crippen LogP contribution is -2.27. The zero-order valence-corrected chi connectivity index (χ0v) is 9.87. The Labute approximate surface area is 96.9 Å². The highest BCUT2D eigenvalue weighted by atomic mass is 15.1. The molecule has 0 amide bonds. The summed E-state index contributed by atoms with van der Waals surface area (Å²) in [4.78, 5) is 7.02. The summed E-state index contributed by atoms with van der Waals surface area (Å²) in [5, 5.41) is 3.42. The minimum absolute atomic E-state index is 0.685. The van der Waals surface area contributed by atoms with E-state index < -0.39 is 0 Å². The molecule has 1 aromatic rings. The summed E-state index contributed by atoms with van der Waals surface area (Å²) < 4.78 is 0. The van der Waals surface area contributed by atoms with Gasteiger partial charge in [-0.15, -0.1) is 0 Å². The van der Waals surface area contributed by atoms with Crippen LogP contribution < -0.4 is 5.32 Å². The number of pyridine rings is 1. The van der Waals surface area contributed by atoms with Crippen molar-refractivity contribution in [2.24, 2.45) is 0 Å². The molecule has 3 heteroatoms. The first-order valence-electron chi connectivity index (χ1n) is 6.20. The molecule has 3 rings (SSSR count). The van der Waals surface area contributed by atoms with E-state index in [9.17, 15) is 0 Å². The highest BCUT2D eigenvalue weighted by Crippen LogP contribution is 2.25. The van der Waals surface area contributed by atoms with Crippen LogP contribution in [0.2, 0.25) is 0 Å². The second-order valence-electron chi connectivity index (χ2n) is 5.05. The standard InChI is InChI=1S/C13H19N3/c1-16-5-3-13-12(9-16)6-11(8-15-13)10-2-4-14-7-10/h6,8,10,14H,2-5,7,9H2,1H3. The third-order valence-electron chi connectivity index (χ3n) is 3.78. The first-order chi connectivity index (χ1) is 7.83. The molecule has 16 heavy (non-hydrogen) atoms. The van der Waals surface area contributed by atoms with E-state index in [1.807, 2.05) is 0 Å². The minimum atomic E-state index is 0.685. The second kappa shape index (κ2) is 4.15. The first kappa shape index (κ1) is 10.2. The molecule has 1 saturated heterocycles. The zero-order chi connectivity index (χ0) is 11.0. The molecule has 1 N–H and O–H groups in total. The Morgan fingerprint density at radius 1 is 1.50 bits per heavy atom. The lowest BCUT2D eigenvalue weighted by molar-refractivity contribution is 0.309. The summed E-state index contributed by atoms with van der Waals surface area (Å²) >= 11 is 0. The molecule has 2 aliphatic heterocycles. The fraction of sp³-hybridized carbons (Fsp3) is 0.615. The number of nitrogens with zero attached hydrogens (tertiary/aromatic N) is 2. The number of fused-ring (bicyclic) bond motifs is 1. The third-order valence-corrected chi connectivity index (χ3v) is 3.78. The van der Waals surface area contributed by atoms with E-state index in [1.165, 1.54) is 23.2 Å². The lowest BCUT2D eigenvalue weighted by atomic mass is 9.96. The second-order valence-corrected chi connectivity index (χ2v) is 5.05. The van der Waals surface area contributed by atoms with Gasteiger partial charge in [0.15, 0.2) is 0 Å². The van der Waals surface area contributed by atoms with Crippen LogP contribution in [0.15, 0.2) is 12.3 Å². The molecule has 0 aliphatic carbocycles. The Bertz CT molecular complexity index is 383. The Kier molecular flexibility index (Phi) is 2.65. The molecule has 0 saturated carbocycles. The zero-order valence-electron chi connectivity index (χ0n) is 9.87. The topological polar surface area (TPSA) is 28.2 Å². The van der Waals surface area contributed by atoms with E-state index in [0.717, 1.165) is 32.6 Å². The first-order valence-corrected chi connectivity index (χ1v) is 6.20. The van der Waals surface area contributed by atoms with Crippen LogP contribution in [0.3, 0.4) is 0 Å². The maximum Gasteiger partial charge on any atom is 0.0461 e. The predicted molar refractivity (Wildman–Crippen MR) is 64.5 cm³/mol. The number of hydrogen-bond donors (Lipinski definition) is 1. The van der Waals surface area contributed by atoms with Gasteiger partial charge in [0, 0.05) is 37.9 Å². The summed E-state index contributed by atoms with van der Waals surface area (Å²) in [7, 11) is 2.19. The Hall–Kier alpha value is -0.930. The lowest BCUT2D eigenvalue weighted by Gasteiger charge is -2.25. The van der Waals surface area contributed by atoms with Crippen molar-refractivity contribution in [1.82, 2.24) is 15.2 Å². The maximum absolute atomic E-state index is 4.64. The van der Waals surface area contributed by atoms with Crippen LogP contribution >= 0.6 is 0 Å². The number of aromatic nitrogens is 1. The monoisotopic (exact) mass is 217 g/mol. The highest BCUT2D eigenvalue weighted by Gasteiger charge is 2.20. The van der Waals surface area contributed by atoms with Gasteiger partial charge in [0.2, 0.25) is 0 Å². The van der Waals surface area contributed by atoms with Crippen molar-refractivity contribution in [2.45, 2.75) is 25.3 Å². The van der Waals surface area contributed by atoms with E-state index in [1.54, 1.807) is 0 Å². The quantitative estimate of drug-likeness (QED) is 0.765. The predicted octanol–water partition coefficient (Wildman–Crippen LogP) is 1.15. The molecule has 1 unspecified atom stereocenters. The van der Waals surface area contributed by atoms with Crippen LogP contribution in [0.25, 0.3) is 0 Å². The molecule has 2 aliphatic rings. The van der Waals surface area contributed by atoms with E-state index in [0.29, 0.717) is 5.92 Å². The molecule has 1 fully saturated rings. The summed E-state index contributed by atoms with van der Waals surface area (Å²) in [6.07, 6.45) is 4.47.